The molecular formula is C15H19N3O4S. The molecule has 0 aliphatic heterocycles. The third-order valence-corrected chi connectivity index (χ3v) is 4.60. The van der Waals surface area contributed by atoms with Gasteiger partial charge < -0.3 is 4.74 Å². The van der Waals surface area contributed by atoms with E-state index in [2.05, 4.69) is 9.82 Å². The molecule has 0 fully saturated rings. The number of hydrogen-bond acceptors (Lipinski definition) is 5. The highest BCUT2D eigenvalue weighted by molar-refractivity contribution is 7.90. The number of rotatable bonds is 7. The Hall–Kier alpha value is -2.35. The fourth-order valence-corrected chi connectivity index (χ4v) is 3.04. The Morgan fingerprint density at radius 1 is 1.30 bits per heavy atom. The number of ether oxygens (including phenoxy) is 1. The predicted octanol–water partition coefficient (Wildman–Crippen LogP) is 1.26. The van der Waals surface area contributed by atoms with E-state index in [0.717, 1.165) is 11.3 Å². The first-order valence-corrected chi connectivity index (χ1v) is 8.56. The highest BCUT2D eigenvalue weighted by Crippen LogP contribution is 2.13. The van der Waals surface area contributed by atoms with Gasteiger partial charge >= 0.3 is 0 Å². The summed E-state index contributed by atoms with van der Waals surface area (Å²) < 4.78 is 32.4. The molecule has 0 aliphatic carbocycles. The number of aryl methyl sites for hydroxylation is 2. The number of nitrogens with one attached hydrogen (secondary N) is 1. The Morgan fingerprint density at radius 3 is 2.57 bits per heavy atom. The standard InChI is InChI=1S/C15H19N3O4S/c1-18-11-14(10-16-18)23(20,21)17-15(19)5-3-4-12-6-8-13(22-2)9-7-12/h6-11H,3-5H2,1-2H3,(H,17,19). The Kier molecular flexibility index (Phi) is 5.38. The van der Waals surface area contributed by atoms with Crippen molar-refractivity contribution in [1.29, 1.82) is 0 Å². The van der Waals surface area contributed by atoms with Gasteiger partial charge in [0.15, 0.2) is 0 Å². The number of hydrogen-bond donors (Lipinski definition) is 1. The van der Waals surface area contributed by atoms with E-state index in [1.54, 1.807) is 14.2 Å². The summed E-state index contributed by atoms with van der Waals surface area (Å²) in [5.74, 6) is 0.247. The van der Waals surface area contributed by atoms with Crippen molar-refractivity contribution in [2.75, 3.05) is 7.11 Å². The first-order valence-electron chi connectivity index (χ1n) is 7.08. The molecule has 1 N–H and O–H groups in total. The number of aromatic nitrogens is 2. The minimum atomic E-state index is -3.84. The fourth-order valence-electron chi connectivity index (χ4n) is 2.04. The van der Waals surface area contributed by atoms with Crippen LogP contribution in [0.5, 0.6) is 5.75 Å². The summed E-state index contributed by atoms with van der Waals surface area (Å²) in [4.78, 5) is 11.8. The monoisotopic (exact) mass is 337 g/mol. The minimum absolute atomic E-state index is 0.0245. The lowest BCUT2D eigenvalue weighted by Gasteiger charge is -2.06. The topological polar surface area (TPSA) is 90.3 Å². The molecule has 0 aliphatic rings. The van der Waals surface area contributed by atoms with E-state index in [1.807, 2.05) is 24.3 Å². The van der Waals surface area contributed by atoms with Crippen molar-refractivity contribution in [3.63, 3.8) is 0 Å². The first kappa shape index (κ1) is 17.0. The van der Waals surface area contributed by atoms with Crippen molar-refractivity contribution in [3.8, 4) is 5.75 Å². The van der Waals surface area contributed by atoms with Crippen molar-refractivity contribution < 1.29 is 17.9 Å². The molecular weight excluding hydrogens is 318 g/mol. The molecule has 124 valence electrons. The van der Waals surface area contributed by atoms with Gasteiger partial charge in [-0.1, -0.05) is 12.1 Å². The molecule has 2 rings (SSSR count). The molecule has 23 heavy (non-hydrogen) atoms. The van der Waals surface area contributed by atoms with E-state index in [-0.39, 0.29) is 11.3 Å². The second kappa shape index (κ2) is 7.28. The van der Waals surface area contributed by atoms with Crippen molar-refractivity contribution in [2.24, 2.45) is 7.05 Å². The maximum atomic E-state index is 12.0. The van der Waals surface area contributed by atoms with E-state index in [4.69, 9.17) is 4.74 Å². The average molecular weight is 337 g/mol. The Morgan fingerprint density at radius 2 is 2.00 bits per heavy atom. The summed E-state index contributed by atoms with van der Waals surface area (Å²) in [6.45, 7) is 0. The Balaban J connectivity index is 1.82. The maximum Gasteiger partial charge on any atom is 0.267 e. The van der Waals surface area contributed by atoms with Gasteiger partial charge in [-0.25, -0.2) is 13.1 Å². The number of amides is 1. The molecule has 0 atom stereocenters. The van der Waals surface area contributed by atoms with Crippen LogP contribution >= 0.6 is 0 Å². The second-order valence-electron chi connectivity index (χ2n) is 5.08. The molecule has 2 aromatic rings. The van der Waals surface area contributed by atoms with Gasteiger partial charge in [-0.15, -0.1) is 0 Å². The van der Waals surface area contributed by atoms with Crippen LogP contribution in [0.25, 0.3) is 0 Å². The van der Waals surface area contributed by atoms with Crippen molar-refractivity contribution in [3.05, 3.63) is 42.2 Å². The number of benzene rings is 1. The lowest BCUT2D eigenvalue weighted by molar-refractivity contribution is -0.119. The molecule has 1 aromatic carbocycles. The van der Waals surface area contributed by atoms with Crippen LogP contribution in [-0.4, -0.2) is 31.2 Å². The summed E-state index contributed by atoms with van der Waals surface area (Å²) in [6.07, 6.45) is 3.91. The average Bonchev–Trinajstić information content (AvgIpc) is 2.95. The van der Waals surface area contributed by atoms with Gasteiger partial charge in [-0.05, 0) is 30.5 Å². The highest BCUT2D eigenvalue weighted by Gasteiger charge is 2.18. The third-order valence-electron chi connectivity index (χ3n) is 3.27. The van der Waals surface area contributed by atoms with Crippen molar-refractivity contribution in [1.82, 2.24) is 14.5 Å². The molecule has 0 saturated heterocycles. The summed E-state index contributed by atoms with van der Waals surface area (Å²) in [7, 11) is -0.636. The SMILES string of the molecule is COc1ccc(CCCC(=O)NS(=O)(=O)c2cnn(C)c2)cc1. The van der Waals surface area contributed by atoms with Gasteiger partial charge in [0, 0.05) is 19.7 Å². The van der Waals surface area contributed by atoms with Gasteiger partial charge in [0.2, 0.25) is 5.91 Å². The maximum absolute atomic E-state index is 12.0. The fraction of sp³-hybridized carbons (Fsp3) is 0.333. The van der Waals surface area contributed by atoms with Gasteiger partial charge in [0.05, 0.1) is 13.3 Å². The number of carbonyl (C=O) groups is 1. The van der Waals surface area contributed by atoms with E-state index in [1.165, 1.54) is 17.1 Å². The number of methoxy groups -OCH3 is 1. The zero-order valence-electron chi connectivity index (χ0n) is 13.0. The molecule has 0 bridgehead atoms. The summed E-state index contributed by atoms with van der Waals surface area (Å²) in [6, 6.07) is 7.54. The molecule has 8 heteroatoms. The second-order valence-corrected chi connectivity index (χ2v) is 6.76. The van der Waals surface area contributed by atoms with Crippen LogP contribution in [0.3, 0.4) is 0 Å². The van der Waals surface area contributed by atoms with E-state index < -0.39 is 15.9 Å². The molecule has 1 aromatic heterocycles. The number of nitrogens with zero attached hydrogens (tertiary/aromatic N) is 2. The zero-order chi connectivity index (χ0) is 16.9. The molecule has 7 nitrogen and oxygen atoms in total. The Bertz CT molecular complexity index is 766. The van der Waals surface area contributed by atoms with Gasteiger partial charge in [-0.2, -0.15) is 5.10 Å². The van der Waals surface area contributed by atoms with Crippen LogP contribution in [-0.2, 0) is 28.3 Å². The molecule has 0 spiro atoms. The van der Waals surface area contributed by atoms with E-state index >= 15 is 0 Å². The van der Waals surface area contributed by atoms with Crippen molar-refractivity contribution >= 4 is 15.9 Å². The highest BCUT2D eigenvalue weighted by atomic mass is 32.2. The van der Waals surface area contributed by atoms with Crippen LogP contribution in [0.1, 0.15) is 18.4 Å². The first-order chi connectivity index (χ1) is 10.9. The van der Waals surface area contributed by atoms with Gasteiger partial charge in [0.1, 0.15) is 10.6 Å². The van der Waals surface area contributed by atoms with Gasteiger partial charge in [-0.3, -0.25) is 9.48 Å². The van der Waals surface area contributed by atoms with E-state index in [9.17, 15) is 13.2 Å². The molecule has 0 unspecified atom stereocenters. The normalized spacial score (nSPS) is 11.2. The zero-order valence-corrected chi connectivity index (χ0v) is 13.8. The smallest absolute Gasteiger partial charge is 0.267 e. The Labute approximate surface area is 135 Å². The third kappa shape index (κ3) is 4.82. The molecule has 1 amide bonds. The molecule has 1 heterocycles. The predicted molar refractivity (Wildman–Crippen MR) is 84.5 cm³/mol. The number of sulfonamides is 1. The largest absolute Gasteiger partial charge is 0.497 e. The summed E-state index contributed by atoms with van der Waals surface area (Å²) >= 11 is 0. The lowest BCUT2D eigenvalue weighted by atomic mass is 10.1. The quantitative estimate of drug-likeness (QED) is 0.821. The molecule has 0 radical (unpaired) electrons. The molecule has 0 saturated carbocycles. The van der Waals surface area contributed by atoms with Crippen LogP contribution < -0.4 is 9.46 Å². The summed E-state index contributed by atoms with van der Waals surface area (Å²) in [5.41, 5.74) is 1.06. The van der Waals surface area contributed by atoms with Gasteiger partial charge in [0.25, 0.3) is 10.0 Å². The van der Waals surface area contributed by atoms with Crippen LogP contribution in [0, 0.1) is 0 Å². The summed E-state index contributed by atoms with van der Waals surface area (Å²) in [5, 5.41) is 3.78. The number of carbonyl (C=O) groups excluding carboxylic acids is 1. The van der Waals surface area contributed by atoms with E-state index in [0.29, 0.717) is 12.8 Å². The van der Waals surface area contributed by atoms with Crippen LogP contribution in [0.15, 0.2) is 41.6 Å². The van der Waals surface area contributed by atoms with Crippen molar-refractivity contribution in [2.45, 2.75) is 24.2 Å². The lowest BCUT2D eigenvalue weighted by Crippen LogP contribution is -2.30. The van der Waals surface area contributed by atoms with Crippen LogP contribution in [0.4, 0.5) is 0 Å². The van der Waals surface area contributed by atoms with Crippen LogP contribution in [0.2, 0.25) is 0 Å². The minimum Gasteiger partial charge on any atom is -0.497 e.